The first-order valence-corrected chi connectivity index (χ1v) is 5.62. The van der Waals surface area contributed by atoms with E-state index in [9.17, 15) is 0 Å². The highest BCUT2D eigenvalue weighted by Crippen LogP contribution is 2.02. The molecule has 0 aromatic carbocycles. The summed E-state index contributed by atoms with van der Waals surface area (Å²) < 4.78 is 0. The zero-order valence-electron chi connectivity index (χ0n) is 8.86. The van der Waals surface area contributed by atoms with Gasteiger partial charge in [0.05, 0.1) is 0 Å². The Hall–Kier alpha value is -1.04. The van der Waals surface area contributed by atoms with Crippen LogP contribution < -0.4 is 0 Å². The molecule has 0 aromatic heterocycles. The Labute approximate surface area is 87.7 Å². The summed E-state index contributed by atoms with van der Waals surface area (Å²) in [4.78, 5) is 0. The maximum absolute atomic E-state index is 2.31. The van der Waals surface area contributed by atoms with Gasteiger partial charge in [0, 0.05) is 0 Å². The van der Waals surface area contributed by atoms with E-state index >= 15 is 0 Å². The minimum absolute atomic E-state index is 1.06. The quantitative estimate of drug-likeness (QED) is 0.489. The fourth-order valence-electron chi connectivity index (χ4n) is 1.41. The average Bonchev–Trinajstić information content (AvgIpc) is 2.22. The van der Waals surface area contributed by atoms with E-state index < -0.39 is 0 Å². The van der Waals surface area contributed by atoms with E-state index in [2.05, 4.69) is 48.6 Å². The van der Waals surface area contributed by atoms with Crippen LogP contribution in [0.15, 0.2) is 48.6 Å². The second kappa shape index (κ2) is 8.55. The largest absolute Gasteiger partial charge is 0.0885 e. The Bertz CT molecular complexity index is 228. The van der Waals surface area contributed by atoms with Gasteiger partial charge in [-0.15, -0.1) is 0 Å². The monoisotopic (exact) mass is 188 g/mol. The van der Waals surface area contributed by atoms with Crippen molar-refractivity contribution in [3.05, 3.63) is 48.6 Å². The first kappa shape index (κ1) is 11.0. The van der Waals surface area contributed by atoms with Crippen molar-refractivity contribution in [1.82, 2.24) is 0 Å². The Morgan fingerprint density at radius 3 is 2.07 bits per heavy atom. The number of hydrogen-bond donors (Lipinski definition) is 0. The molecule has 76 valence electrons. The molecule has 1 aliphatic rings. The molecule has 0 heteroatoms. The Kier molecular flexibility index (Phi) is 6.74. The molecule has 0 saturated carbocycles. The van der Waals surface area contributed by atoms with Gasteiger partial charge in [0.15, 0.2) is 0 Å². The fraction of sp³-hybridized carbons (Fsp3) is 0.429. The predicted molar refractivity (Wildman–Crippen MR) is 64.3 cm³/mol. The molecule has 0 saturated heterocycles. The van der Waals surface area contributed by atoms with Crippen LogP contribution in [0.2, 0.25) is 0 Å². The number of rotatable bonds is 0. The van der Waals surface area contributed by atoms with E-state index in [0.717, 1.165) is 6.42 Å². The van der Waals surface area contributed by atoms with E-state index in [1.165, 1.54) is 32.1 Å². The van der Waals surface area contributed by atoms with Gasteiger partial charge in [-0.1, -0.05) is 48.6 Å². The van der Waals surface area contributed by atoms with Crippen molar-refractivity contribution in [1.29, 1.82) is 0 Å². The fourth-order valence-corrected chi connectivity index (χ4v) is 1.41. The lowest BCUT2D eigenvalue weighted by Crippen LogP contribution is -1.71. The van der Waals surface area contributed by atoms with Crippen LogP contribution in [0.25, 0.3) is 0 Å². The van der Waals surface area contributed by atoms with Crippen molar-refractivity contribution < 1.29 is 0 Å². The van der Waals surface area contributed by atoms with Crippen molar-refractivity contribution in [3.63, 3.8) is 0 Å². The number of allylic oxidation sites excluding steroid dienone is 8. The van der Waals surface area contributed by atoms with Crippen LogP contribution in [-0.2, 0) is 0 Å². The predicted octanol–water partition coefficient (Wildman–Crippen LogP) is 4.57. The second-order valence-electron chi connectivity index (χ2n) is 3.54. The molecular weight excluding hydrogens is 168 g/mol. The molecule has 0 amide bonds. The first-order valence-electron chi connectivity index (χ1n) is 5.62. The van der Waals surface area contributed by atoms with Gasteiger partial charge < -0.3 is 0 Å². The van der Waals surface area contributed by atoms with Crippen LogP contribution in [-0.4, -0.2) is 0 Å². The van der Waals surface area contributed by atoms with E-state index in [1.54, 1.807) is 0 Å². The maximum Gasteiger partial charge on any atom is -0.0166 e. The maximum atomic E-state index is 2.31. The molecular formula is C14H20. The molecule has 0 N–H and O–H groups in total. The molecule has 1 aliphatic carbocycles. The summed E-state index contributed by atoms with van der Waals surface area (Å²) >= 11 is 0. The van der Waals surface area contributed by atoms with Crippen LogP contribution in [0.5, 0.6) is 0 Å². The van der Waals surface area contributed by atoms with Gasteiger partial charge in [-0.3, -0.25) is 0 Å². The van der Waals surface area contributed by atoms with Gasteiger partial charge in [0.25, 0.3) is 0 Å². The minimum Gasteiger partial charge on any atom is -0.0885 e. The molecule has 0 atom stereocenters. The summed E-state index contributed by atoms with van der Waals surface area (Å²) in [5.41, 5.74) is 0. The summed E-state index contributed by atoms with van der Waals surface area (Å²) in [6, 6.07) is 0. The van der Waals surface area contributed by atoms with Gasteiger partial charge >= 0.3 is 0 Å². The van der Waals surface area contributed by atoms with E-state index in [-0.39, 0.29) is 0 Å². The summed E-state index contributed by atoms with van der Waals surface area (Å²) in [5, 5.41) is 0. The topological polar surface area (TPSA) is 0 Å². The summed E-state index contributed by atoms with van der Waals surface area (Å²) in [6.45, 7) is 0. The van der Waals surface area contributed by atoms with E-state index in [1.807, 2.05) is 0 Å². The third-order valence-corrected chi connectivity index (χ3v) is 2.23. The molecule has 0 spiro atoms. The summed E-state index contributed by atoms with van der Waals surface area (Å²) in [7, 11) is 0. The molecule has 0 bridgehead atoms. The Morgan fingerprint density at radius 2 is 1.14 bits per heavy atom. The normalized spacial score (nSPS) is 28.6. The van der Waals surface area contributed by atoms with E-state index in [4.69, 9.17) is 0 Å². The molecule has 0 heterocycles. The lowest BCUT2D eigenvalue weighted by atomic mass is 10.2. The molecule has 0 nitrogen and oxygen atoms in total. The Balaban J connectivity index is 2.34. The van der Waals surface area contributed by atoms with Crippen LogP contribution in [0.1, 0.15) is 38.5 Å². The van der Waals surface area contributed by atoms with Crippen LogP contribution in [0.3, 0.4) is 0 Å². The zero-order valence-corrected chi connectivity index (χ0v) is 8.86. The highest BCUT2D eigenvalue weighted by atomic mass is 13.9. The molecule has 0 aromatic rings. The third-order valence-electron chi connectivity index (χ3n) is 2.23. The summed E-state index contributed by atoms with van der Waals surface area (Å²) in [5.74, 6) is 0. The lowest BCUT2D eigenvalue weighted by Gasteiger charge is -1.91. The van der Waals surface area contributed by atoms with Crippen LogP contribution in [0, 0.1) is 0 Å². The second-order valence-corrected chi connectivity index (χ2v) is 3.54. The molecule has 0 aliphatic heterocycles. The number of hydrogen-bond acceptors (Lipinski definition) is 0. The SMILES string of the molecule is C1=C\C/C=C\CC/C=C\CCC/C=C/1. The molecule has 14 heavy (non-hydrogen) atoms. The standard InChI is InChI=1S/C14H20/c1-2-4-6-8-10-12-14-13-11-9-7-5-3-1/h1-4,7,9,12,14H,5-6,8,10-11,13H2/b3-1-,4-2+,9-7-,14-12-. The zero-order chi connectivity index (χ0) is 9.90. The van der Waals surface area contributed by atoms with Crippen molar-refractivity contribution in [2.24, 2.45) is 0 Å². The van der Waals surface area contributed by atoms with Gasteiger partial charge in [-0.25, -0.2) is 0 Å². The van der Waals surface area contributed by atoms with Gasteiger partial charge in [-0.2, -0.15) is 0 Å². The van der Waals surface area contributed by atoms with Crippen molar-refractivity contribution >= 4 is 0 Å². The van der Waals surface area contributed by atoms with Crippen molar-refractivity contribution in [2.45, 2.75) is 38.5 Å². The molecule has 0 radical (unpaired) electrons. The smallest absolute Gasteiger partial charge is 0.0166 e. The summed E-state index contributed by atoms with van der Waals surface area (Å²) in [6.07, 6.45) is 25.0. The minimum atomic E-state index is 1.06. The van der Waals surface area contributed by atoms with Crippen LogP contribution >= 0.6 is 0 Å². The van der Waals surface area contributed by atoms with Crippen LogP contribution in [0.4, 0.5) is 0 Å². The highest BCUT2D eigenvalue weighted by Gasteiger charge is 1.81. The first-order chi connectivity index (χ1) is 7.00. The van der Waals surface area contributed by atoms with E-state index in [0.29, 0.717) is 0 Å². The highest BCUT2D eigenvalue weighted by molar-refractivity contribution is 5.05. The molecule has 1 rings (SSSR count). The molecule has 0 unspecified atom stereocenters. The van der Waals surface area contributed by atoms with Gasteiger partial charge in [-0.05, 0) is 38.5 Å². The van der Waals surface area contributed by atoms with Gasteiger partial charge in [0.2, 0.25) is 0 Å². The van der Waals surface area contributed by atoms with Gasteiger partial charge in [0.1, 0.15) is 0 Å². The lowest BCUT2D eigenvalue weighted by molar-refractivity contribution is 0.862. The average molecular weight is 188 g/mol. The Morgan fingerprint density at radius 1 is 0.500 bits per heavy atom. The third kappa shape index (κ3) is 6.47. The molecule has 0 fully saturated rings. The van der Waals surface area contributed by atoms with Crippen molar-refractivity contribution in [2.75, 3.05) is 0 Å². The van der Waals surface area contributed by atoms with Crippen molar-refractivity contribution in [3.8, 4) is 0 Å².